The molecule has 0 bridgehead atoms. The van der Waals surface area contributed by atoms with E-state index in [1.807, 2.05) is 11.5 Å². The fraction of sp³-hybridized carbons (Fsp3) is 0.143. The summed E-state index contributed by atoms with van der Waals surface area (Å²) in [7, 11) is 0. The van der Waals surface area contributed by atoms with Gasteiger partial charge in [0.15, 0.2) is 0 Å². The number of ether oxygens (including phenoxy) is 1. The van der Waals surface area contributed by atoms with E-state index in [2.05, 4.69) is 0 Å². The number of carbonyl (C=O) groups is 2. The molecule has 0 saturated heterocycles. The second kappa shape index (κ2) is 7.45. The van der Waals surface area contributed by atoms with Gasteiger partial charge in [-0.3, -0.25) is 4.79 Å². The Bertz CT molecular complexity index is 979. The van der Waals surface area contributed by atoms with Gasteiger partial charge < -0.3 is 15.0 Å². The summed E-state index contributed by atoms with van der Waals surface area (Å²) in [6.07, 6.45) is -1.17. The van der Waals surface area contributed by atoms with Gasteiger partial charge in [0.2, 0.25) is 6.10 Å². The SMILES string of the molecule is Cc1cc(C(=O)OC(C(N)=O)c2ccccc2)c(C)n1-c1ccc(F)cc1. The first-order valence-corrected chi connectivity index (χ1v) is 8.38. The standard InChI is InChI=1S/C21H19FN2O3/c1-13-12-18(14(2)24(13)17-10-8-16(22)9-11-17)21(26)27-19(20(23)25)15-6-4-3-5-7-15/h3-12,19H,1-2H3,(H2,23,25). The summed E-state index contributed by atoms with van der Waals surface area (Å²) in [5.41, 5.74) is 8.37. The zero-order chi connectivity index (χ0) is 19.6. The van der Waals surface area contributed by atoms with Crippen molar-refractivity contribution in [2.24, 2.45) is 5.73 Å². The number of hydrogen-bond donors (Lipinski definition) is 1. The lowest BCUT2D eigenvalue weighted by Gasteiger charge is -2.15. The summed E-state index contributed by atoms with van der Waals surface area (Å²) >= 11 is 0. The fourth-order valence-corrected chi connectivity index (χ4v) is 3.05. The number of benzene rings is 2. The summed E-state index contributed by atoms with van der Waals surface area (Å²) in [5, 5.41) is 0. The third-order valence-corrected chi connectivity index (χ3v) is 4.32. The molecule has 3 aromatic rings. The Hall–Kier alpha value is -3.41. The monoisotopic (exact) mass is 366 g/mol. The lowest BCUT2D eigenvalue weighted by Crippen LogP contribution is -2.26. The van der Waals surface area contributed by atoms with Gasteiger partial charge in [-0.05, 0) is 44.2 Å². The first-order valence-electron chi connectivity index (χ1n) is 8.38. The largest absolute Gasteiger partial charge is 0.444 e. The van der Waals surface area contributed by atoms with Gasteiger partial charge in [0.1, 0.15) is 5.82 Å². The molecule has 2 N–H and O–H groups in total. The zero-order valence-corrected chi connectivity index (χ0v) is 15.0. The highest BCUT2D eigenvalue weighted by atomic mass is 19.1. The molecule has 0 aliphatic rings. The lowest BCUT2D eigenvalue weighted by atomic mass is 10.1. The Labute approximate surface area is 156 Å². The lowest BCUT2D eigenvalue weighted by molar-refractivity contribution is -0.127. The molecule has 0 spiro atoms. The maximum atomic E-state index is 13.2. The first-order chi connectivity index (χ1) is 12.9. The molecule has 0 aliphatic carbocycles. The van der Waals surface area contributed by atoms with Gasteiger partial charge in [-0.15, -0.1) is 0 Å². The highest BCUT2D eigenvalue weighted by molar-refractivity contribution is 5.94. The summed E-state index contributed by atoms with van der Waals surface area (Å²) in [4.78, 5) is 24.5. The van der Waals surface area contributed by atoms with E-state index >= 15 is 0 Å². The minimum atomic E-state index is -1.17. The first kappa shape index (κ1) is 18.4. The number of primary amides is 1. The average Bonchev–Trinajstić information content (AvgIpc) is 2.95. The molecule has 3 rings (SSSR count). The van der Waals surface area contributed by atoms with Gasteiger partial charge in [0.05, 0.1) is 5.56 Å². The number of halogens is 1. The van der Waals surface area contributed by atoms with E-state index in [0.29, 0.717) is 16.8 Å². The van der Waals surface area contributed by atoms with Crippen LogP contribution in [0.2, 0.25) is 0 Å². The van der Waals surface area contributed by atoms with Crippen LogP contribution in [0.25, 0.3) is 5.69 Å². The van der Waals surface area contributed by atoms with Crippen molar-refractivity contribution in [3.8, 4) is 5.69 Å². The van der Waals surface area contributed by atoms with Gasteiger partial charge in [-0.25, -0.2) is 9.18 Å². The molecule has 1 unspecified atom stereocenters. The van der Waals surface area contributed by atoms with Crippen molar-refractivity contribution in [3.05, 3.63) is 89.0 Å². The van der Waals surface area contributed by atoms with Crippen LogP contribution in [-0.2, 0) is 9.53 Å². The number of hydrogen-bond acceptors (Lipinski definition) is 3. The quantitative estimate of drug-likeness (QED) is 0.701. The summed E-state index contributed by atoms with van der Waals surface area (Å²) in [6, 6.07) is 16.2. The van der Waals surface area contributed by atoms with E-state index in [1.54, 1.807) is 55.5 Å². The van der Waals surface area contributed by atoms with Crippen molar-refractivity contribution >= 4 is 11.9 Å². The Morgan fingerprint density at radius 3 is 2.26 bits per heavy atom. The van der Waals surface area contributed by atoms with Crippen molar-refractivity contribution < 1.29 is 18.7 Å². The Morgan fingerprint density at radius 2 is 1.67 bits per heavy atom. The fourth-order valence-electron chi connectivity index (χ4n) is 3.05. The molecule has 2 aromatic carbocycles. The maximum absolute atomic E-state index is 13.2. The van der Waals surface area contributed by atoms with Gasteiger partial charge in [0, 0.05) is 22.6 Å². The minimum Gasteiger partial charge on any atom is -0.444 e. The Balaban J connectivity index is 1.92. The number of nitrogens with zero attached hydrogens (tertiary/aromatic N) is 1. The molecule has 1 aromatic heterocycles. The Morgan fingerprint density at radius 1 is 1.04 bits per heavy atom. The number of rotatable bonds is 5. The van der Waals surface area contributed by atoms with E-state index in [9.17, 15) is 14.0 Å². The molecule has 1 amide bonds. The highest BCUT2D eigenvalue weighted by Gasteiger charge is 2.26. The second-order valence-corrected chi connectivity index (χ2v) is 6.20. The molecule has 5 nitrogen and oxygen atoms in total. The molecule has 0 aliphatic heterocycles. The number of nitrogens with two attached hydrogens (primary N) is 1. The molecule has 1 heterocycles. The predicted octanol–water partition coefficient (Wildman–Crippen LogP) is 3.62. The number of amides is 1. The van der Waals surface area contributed by atoms with Crippen LogP contribution in [0.4, 0.5) is 4.39 Å². The maximum Gasteiger partial charge on any atom is 0.341 e. The molecular weight excluding hydrogens is 347 g/mol. The zero-order valence-electron chi connectivity index (χ0n) is 15.0. The summed E-state index contributed by atoms with van der Waals surface area (Å²) in [6.45, 7) is 3.59. The van der Waals surface area contributed by atoms with Crippen LogP contribution >= 0.6 is 0 Å². The van der Waals surface area contributed by atoms with Crippen molar-refractivity contribution in [2.45, 2.75) is 20.0 Å². The molecule has 138 valence electrons. The molecule has 6 heteroatoms. The van der Waals surface area contributed by atoms with E-state index in [1.165, 1.54) is 12.1 Å². The normalized spacial score (nSPS) is 11.8. The number of esters is 1. The molecule has 0 fully saturated rings. The Kier molecular flexibility index (Phi) is 5.07. The average molecular weight is 366 g/mol. The summed E-state index contributed by atoms with van der Waals surface area (Å²) < 4.78 is 20.4. The molecule has 27 heavy (non-hydrogen) atoms. The van der Waals surface area contributed by atoms with Crippen molar-refractivity contribution in [2.75, 3.05) is 0 Å². The predicted molar refractivity (Wildman–Crippen MR) is 99.0 cm³/mol. The van der Waals surface area contributed by atoms with E-state index in [-0.39, 0.29) is 5.82 Å². The highest BCUT2D eigenvalue weighted by Crippen LogP contribution is 2.24. The molecule has 0 saturated carbocycles. The van der Waals surface area contributed by atoms with Crippen LogP contribution in [0.3, 0.4) is 0 Å². The third kappa shape index (κ3) is 3.74. The topological polar surface area (TPSA) is 74.3 Å². The minimum absolute atomic E-state index is 0.319. The second-order valence-electron chi connectivity index (χ2n) is 6.20. The van der Waals surface area contributed by atoms with Crippen LogP contribution in [0.1, 0.15) is 33.4 Å². The smallest absolute Gasteiger partial charge is 0.341 e. The molecule has 0 radical (unpaired) electrons. The van der Waals surface area contributed by atoms with Crippen LogP contribution in [-0.4, -0.2) is 16.4 Å². The van der Waals surface area contributed by atoms with E-state index < -0.39 is 18.0 Å². The molecule has 1 atom stereocenters. The number of carbonyl (C=O) groups excluding carboxylic acids is 2. The van der Waals surface area contributed by atoms with Crippen LogP contribution in [0.5, 0.6) is 0 Å². The summed E-state index contributed by atoms with van der Waals surface area (Å²) in [5.74, 6) is -1.74. The van der Waals surface area contributed by atoms with Crippen molar-refractivity contribution in [1.82, 2.24) is 4.57 Å². The molecular formula is C21H19FN2O3. The third-order valence-electron chi connectivity index (χ3n) is 4.32. The van der Waals surface area contributed by atoms with E-state index in [0.717, 1.165) is 11.4 Å². The van der Waals surface area contributed by atoms with Crippen LogP contribution in [0, 0.1) is 19.7 Å². The van der Waals surface area contributed by atoms with Crippen LogP contribution < -0.4 is 5.73 Å². The number of aromatic nitrogens is 1. The van der Waals surface area contributed by atoms with Gasteiger partial charge in [0.25, 0.3) is 5.91 Å². The number of aryl methyl sites for hydroxylation is 1. The van der Waals surface area contributed by atoms with Gasteiger partial charge in [-0.1, -0.05) is 30.3 Å². The van der Waals surface area contributed by atoms with Crippen molar-refractivity contribution in [1.29, 1.82) is 0 Å². The van der Waals surface area contributed by atoms with E-state index in [4.69, 9.17) is 10.5 Å². The van der Waals surface area contributed by atoms with Crippen molar-refractivity contribution in [3.63, 3.8) is 0 Å². The van der Waals surface area contributed by atoms with Crippen LogP contribution in [0.15, 0.2) is 60.7 Å². The van der Waals surface area contributed by atoms with Gasteiger partial charge in [-0.2, -0.15) is 0 Å². The van der Waals surface area contributed by atoms with Gasteiger partial charge >= 0.3 is 5.97 Å².